The molecule has 1 aromatic rings. The number of carbonyl (C=O) groups excluding carboxylic acids is 4. The lowest BCUT2D eigenvalue weighted by atomic mass is 10.2. The molecule has 1 rings (SSSR count). The maximum absolute atomic E-state index is 11.8. The van der Waals surface area contributed by atoms with Crippen molar-refractivity contribution in [3.63, 3.8) is 0 Å². The number of ketones is 2. The van der Waals surface area contributed by atoms with Crippen LogP contribution in [0.2, 0.25) is 5.02 Å². The molecule has 1 aromatic carbocycles. The van der Waals surface area contributed by atoms with Crippen LogP contribution in [0, 0.1) is 0 Å². The van der Waals surface area contributed by atoms with Gasteiger partial charge in [-0.1, -0.05) is 11.6 Å². The van der Waals surface area contributed by atoms with E-state index in [4.69, 9.17) is 16.3 Å². The number of amides is 2. The number of anilines is 2. The first kappa shape index (κ1) is 18.6. The average Bonchev–Trinajstić information content (AvgIpc) is 2.41. The molecule has 7 nitrogen and oxygen atoms in total. The van der Waals surface area contributed by atoms with E-state index in [1.807, 2.05) is 0 Å². The van der Waals surface area contributed by atoms with Crippen LogP contribution in [-0.4, -0.2) is 30.5 Å². The van der Waals surface area contributed by atoms with Crippen molar-refractivity contribution in [2.75, 3.05) is 17.7 Å². The predicted molar refractivity (Wildman–Crippen MR) is 85.9 cm³/mol. The number of halogens is 1. The van der Waals surface area contributed by atoms with E-state index in [1.54, 1.807) is 0 Å². The van der Waals surface area contributed by atoms with Gasteiger partial charge in [0.2, 0.25) is 11.8 Å². The fourth-order valence-corrected chi connectivity index (χ4v) is 2.00. The Morgan fingerprint density at radius 3 is 1.87 bits per heavy atom. The van der Waals surface area contributed by atoms with Crippen molar-refractivity contribution in [3.8, 4) is 5.75 Å². The van der Waals surface area contributed by atoms with Crippen LogP contribution in [0.4, 0.5) is 11.4 Å². The van der Waals surface area contributed by atoms with Gasteiger partial charge in [0.1, 0.15) is 23.0 Å². The zero-order chi connectivity index (χ0) is 17.6. The highest BCUT2D eigenvalue weighted by Crippen LogP contribution is 2.38. The van der Waals surface area contributed by atoms with Gasteiger partial charge < -0.3 is 15.4 Å². The van der Waals surface area contributed by atoms with Gasteiger partial charge in [-0.15, -0.1) is 0 Å². The molecular weight excluding hydrogens is 324 g/mol. The highest BCUT2D eigenvalue weighted by Gasteiger charge is 2.19. The molecule has 0 radical (unpaired) electrons. The smallest absolute Gasteiger partial charge is 0.231 e. The van der Waals surface area contributed by atoms with Gasteiger partial charge in [0.05, 0.1) is 30.7 Å². The van der Waals surface area contributed by atoms with Crippen molar-refractivity contribution in [2.45, 2.75) is 26.7 Å². The molecule has 124 valence electrons. The lowest BCUT2D eigenvalue weighted by molar-refractivity contribution is -0.126. The number of rotatable bonds is 7. The van der Waals surface area contributed by atoms with Crippen LogP contribution >= 0.6 is 11.6 Å². The minimum atomic E-state index is -0.574. The number of methoxy groups -OCH3 is 1. The van der Waals surface area contributed by atoms with Gasteiger partial charge in [0.25, 0.3) is 0 Å². The standard InChI is InChI=1S/C15H17ClN2O5/c1-8(19)6-12(21)17-14-10(16)4-5-11(23-3)15(14)18-13(22)7-9(2)20/h4-5H,6-7H2,1-3H3,(H,17,21)(H,18,22). The van der Waals surface area contributed by atoms with Crippen LogP contribution in [0.1, 0.15) is 26.7 Å². The third-order valence-corrected chi connectivity index (χ3v) is 3.00. The van der Waals surface area contributed by atoms with Crippen LogP contribution in [0.25, 0.3) is 0 Å². The number of ether oxygens (including phenoxy) is 1. The largest absolute Gasteiger partial charge is 0.494 e. The summed E-state index contributed by atoms with van der Waals surface area (Å²) < 4.78 is 5.13. The number of Topliss-reactive ketones (excluding diaryl/α,β-unsaturated/α-hetero) is 2. The first-order chi connectivity index (χ1) is 10.7. The quantitative estimate of drug-likeness (QED) is 0.741. The highest BCUT2D eigenvalue weighted by molar-refractivity contribution is 6.35. The molecule has 0 aromatic heterocycles. The summed E-state index contributed by atoms with van der Waals surface area (Å²) >= 11 is 6.05. The van der Waals surface area contributed by atoms with Gasteiger partial charge in [-0.25, -0.2) is 0 Å². The van der Waals surface area contributed by atoms with E-state index in [0.717, 1.165) is 0 Å². The third-order valence-electron chi connectivity index (χ3n) is 2.68. The van der Waals surface area contributed by atoms with Crippen molar-refractivity contribution in [1.29, 1.82) is 0 Å². The van der Waals surface area contributed by atoms with Gasteiger partial charge in [0, 0.05) is 0 Å². The summed E-state index contributed by atoms with van der Waals surface area (Å²) in [6.07, 6.45) is -0.648. The Balaban J connectivity index is 3.16. The van der Waals surface area contributed by atoms with Crippen LogP contribution in [0.5, 0.6) is 5.75 Å². The lowest BCUT2D eigenvalue weighted by Gasteiger charge is -2.16. The summed E-state index contributed by atoms with van der Waals surface area (Å²) in [6.45, 7) is 2.56. The molecule has 0 aliphatic carbocycles. The molecule has 8 heteroatoms. The minimum Gasteiger partial charge on any atom is -0.494 e. The summed E-state index contributed by atoms with van der Waals surface area (Å²) in [7, 11) is 1.38. The van der Waals surface area contributed by atoms with Crippen molar-refractivity contribution < 1.29 is 23.9 Å². The zero-order valence-electron chi connectivity index (χ0n) is 13.0. The Hall–Kier alpha value is -2.41. The lowest BCUT2D eigenvalue weighted by Crippen LogP contribution is -2.20. The monoisotopic (exact) mass is 340 g/mol. The van der Waals surface area contributed by atoms with E-state index >= 15 is 0 Å². The van der Waals surface area contributed by atoms with Crippen molar-refractivity contribution >= 4 is 46.4 Å². The van der Waals surface area contributed by atoms with Crippen molar-refractivity contribution in [3.05, 3.63) is 17.2 Å². The number of hydrogen-bond acceptors (Lipinski definition) is 5. The molecular formula is C15H17ClN2O5. The molecule has 0 unspecified atom stereocenters. The first-order valence-corrected chi connectivity index (χ1v) is 7.07. The van der Waals surface area contributed by atoms with E-state index in [0.29, 0.717) is 0 Å². The van der Waals surface area contributed by atoms with Gasteiger partial charge in [0.15, 0.2) is 0 Å². The summed E-state index contributed by atoms with van der Waals surface area (Å²) in [4.78, 5) is 45.6. The van der Waals surface area contributed by atoms with Crippen LogP contribution in [0.15, 0.2) is 12.1 Å². The Morgan fingerprint density at radius 1 is 0.957 bits per heavy atom. The Labute approximate surface area is 138 Å². The second-order valence-corrected chi connectivity index (χ2v) is 5.26. The van der Waals surface area contributed by atoms with E-state index in [-0.39, 0.29) is 46.6 Å². The summed E-state index contributed by atoms with van der Waals surface area (Å²) in [6, 6.07) is 2.98. The molecule has 2 amide bonds. The molecule has 0 atom stereocenters. The van der Waals surface area contributed by atoms with E-state index in [1.165, 1.54) is 33.1 Å². The SMILES string of the molecule is COc1ccc(Cl)c(NC(=O)CC(C)=O)c1NC(=O)CC(C)=O. The highest BCUT2D eigenvalue weighted by atomic mass is 35.5. The summed E-state index contributed by atoms with van der Waals surface area (Å²) in [5.74, 6) is -1.52. The molecule has 0 aliphatic heterocycles. The fourth-order valence-electron chi connectivity index (χ4n) is 1.79. The van der Waals surface area contributed by atoms with Crippen molar-refractivity contribution in [2.24, 2.45) is 0 Å². The molecule has 0 bridgehead atoms. The minimum absolute atomic E-state index is 0.106. The van der Waals surface area contributed by atoms with Gasteiger partial charge in [-0.05, 0) is 26.0 Å². The molecule has 0 heterocycles. The maximum atomic E-state index is 11.8. The zero-order valence-corrected chi connectivity index (χ0v) is 13.7. The fraction of sp³-hybridized carbons (Fsp3) is 0.333. The number of benzene rings is 1. The number of hydrogen-bond donors (Lipinski definition) is 2. The van der Waals surface area contributed by atoms with E-state index in [2.05, 4.69) is 10.6 Å². The molecule has 0 aliphatic rings. The topological polar surface area (TPSA) is 102 Å². The summed E-state index contributed by atoms with van der Waals surface area (Å²) in [5, 5.41) is 5.12. The maximum Gasteiger partial charge on any atom is 0.231 e. The molecule has 0 fully saturated rings. The first-order valence-electron chi connectivity index (χ1n) is 6.69. The Bertz CT molecular complexity index is 658. The van der Waals surface area contributed by atoms with Gasteiger partial charge in [-0.3, -0.25) is 19.2 Å². The second kappa shape index (κ2) is 8.28. The second-order valence-electron chi connectivity index (χ2n) is 4.85. The van der Waals surface area contributed by atoms with Crippen LogP contribution in [0.3, 0.4) is 0 Å². The number of carbonyl (C=O) groups is 4. The molecule has 23 heavy (non-hydrogen) atoms. The molecule has 0 saturated carbocycles. The van der Waals surface area contributed by atoms with Crippen LogP contribution in [-0.2, 0) is 19.2 Å². The molecule has 0 saturated heterocycles. The van der Waals surface area contributed by atoms with Crippen molar-refractivity contribution in [1.82, 2.24) is 0 Å². The molecule has 2 N–H and O–H groups in total. The Kier molecular flexibility index (Phi) is 6.71. The molecule has 0 spiro atoms. The normalized spacial score (nSPS) is 9.91. The van der Waals surface area contributed by atoms with Gasteiger partial charge >= 0.3 is 0 Å². The Morgan fingerprint density at radius 2 is 1.43 bits per heavy atom. The van der Waals surface area contributed by atoms with E-state index in [9.17, 15) is 19.2 Å². The average molecular weight is 341 g/mol. The number of nitrogens with one attached hydrogen (secondary N) is 2. The predicted octanol–water partition coefficient (Wildman–Crippen LogP) is 2.18. The van der Waals surface area contributed by atoms with Gasteiger partial charge in [-0.2, -0.15) is 0 Å². The van der Waals surface area contributed by atoms with Crippen LogP contribution < -0.4 is 15.4 Å². The van der Waals surface area contributed by atoms with E-state index < -0.39 is 11.8 Å². The summed E-state index contributed by atoms with van der Waals surface area (Å²) in [5.41, 5.74) is 0.234. The third kappa shape index (κ3) is 5.71.